The Morgan fingerprint density at radius 2 is 1.68 bits per heavy atom. The second-order valence-electron chi connectivity index (χ2n) is 6.54. The Hall–Kier alpha value is -3.29. The highest BCUT2D eigenvalue weighted by Crippen LogP contribution is 2.39. The quantitative estimate of drug-likeness (QED) is 0.393. The first-order chi connectivity index (χ1) is 15.0. The van der Waals surface area contributed by atoms with Crippen LogP contribution in [0.1, 0.15) is 10.4 Å². The van der Waals surface area contributed by atoms with Crippen LogP contribution in [0.2, 0.25) is 5.02 Å². The van der Waals surface area contributed by atoms with Crippen LogP contribution in [0.25, 0.3) is 20.8 Å². The molecule has 4 aromatic rings. The number of amides is 1. The average Bonchev–Trinajstić information content (AvgIpc) is 3.23. The lowest BCUT2D eigenvalue weighted by Crippen LogP contribution is -2.13. The monoisotopic (exact) mass is 454 g/mol. The molecule has 3 aromatic carbocycles. The summed E-state index contributed by atoms with van der Waals surface area (Å²) in [5, 5.41) is 4.28. The molecule has 4 rings (SSSR count). The normalized spacial score (nSPS) is 10.7. The predicted octanol–water partition coefficient (Wildman–Crippen LogP) is 5.89. The van der Waals surface area contributed by atoms with E-state index in [0.717, 1.165) is 20.8 Å². The van der Waals surface area contributed by atoms with Gasteiger partial charge < -0.3 is 19.5 Å². The molecule has 1 aromatic heterocycles. The van der Waals surface area contributed by atoms with E-state index in [9.17, 15) is 4.79 Å². The summed E-state index contributed by atoms with van der Waals surface area (Å²) in [4.78, 5) is 17.8. The van der Waals surface area contributed by atoms with Gasteiger partial charge in [0.2, 0.25) is 5.75 Å². The van der Waals surface area contributed by atoms with Crippen molar-refractivity contribution in [2.45, 2.75) is 0 Å². The third kappa shape index (κ3) is 4.15. The van der Waals surface area contributed by atoms with E-state index in [1.807, 2.05) is 24.3 Å². The van der Waals surface area contributed by atoms with Gasteiger partial charge in [0.15, 0.2) is 11.5 Å². The smallest absolute Gasteiger partial charge is 0.255 e. The zero-order valence-corrected chi connectivity index (χ0v) is 18.6. The molecule has 0 aliphatic heterocycles. The van der Waals surface area contributed by atoms with Gasteiger partial charge in [-0.25, -0.2) is 4.98 Å². The number of fused-ring (bicyclic) bond motifs is 1. The molecule has 158 valence electrons. The number of aromatic nitrogens is 1. The predicted molar refractivity (Wildman–Crippen MR) is 124 cm³/mol. The Balaban J connectivity index is 1.72. The lowest BCUT2D eigenvalue weighted by atomic mass is 10.1. The summed E-state index contributed by atoms with van der Waals surface area (Å²) in [5.74, 6) is 0.885. The van der Waals surface area contributed by atoms with Gasteiger partial charge in [0.05, 0.1) is 37.2 Å². The number of anilines is 1. The van der Waals surface area contributed by atoms with Crippen LogP contribution < -0.4 is 19.5 Å². The summed E-state index contributed by atoms with van der Waals surface area (Å²) in [6.07, 6.45) is 0. The number of para-hydroxylation sites is 1. The van der Waals surface area contributed by atoms with Crippen LogP contribution >= 0.6 is 22.9 Å². The molecule has 0 saturated carbocycles. The Bertz CT molecular complexity index is 1210. The standard InChI is InChI=1S/C23H19ClN2O4S/c1-28-18-10-13(11-19(29-2)21(18)30-3)22(27)25-16-9-8-14(24)12-15(16)23-26-17-6-4-5-7-20(17)31-23/h4-12H,1-3H3,(H,25,27). The summed E-state index contributed by atoms with van der Waals surface area (Å²) in [7, 11) is 4.52. The molecule has 8 heteroatoms. The molecule has 1 N–H and O–H groups in total. The van der Waals surface area contributed by atoms with Crippen molar-refractivity contribution in [3.8, 4) is 27.8 Å². The van der Waals surface area contributed by atoms with Gasteiger partial charge in [-0.15, -0.1) is 11.3 Å². The number of benzene rings is 3. The summed E-state index contributed by atoms with van der Waals surface area (Å²) in [6, 6.07) is 16.4. The van der Waals surface area contributed by atoms with Crippen molar-refractivity contribution in [1.82, 2.24) is 4.98 Å². The number of rotatable bonds is 6. The minimum atomic E-state index is -0.330. The van der Waals surface area contributed by atoms with Gasteiger partial charge in [0.1, 0.15) is 5.01 Å². The van der Waals surface area contributed by atoms with E-state index >= 15 is 0 Å². The van der Waals surface area contributed by atoms with Crippen molar-refractivity contribution >= 4 is 44.7 Å². The topological polar surface area (TPSA) is 69.7 Å². The molecule has 0 aliphatic rings. The Kier molecular flexibility index (Phi) is 5.97. The molecule has 0 unspecified atom stereocenters. The van der Waals surface area contributed by atoms with Crippen molar-refractivity contribution in [3.63, 3.8) is 0 Å². The van der Waals surface area contributed by atoms with Crippen LogP contribution in [0.5, 0.6) is 17.2 Å². The number of ether oxygens (including phenoxy) is 3. The highest BCUT2D eigenvalue weighted by atomic mass is 35.5. The molecule has 0 saturated heterocycles. The maximum absolute atomic E-state index is 13.1. The fourth-order valence-electron chi connectivity index (χ4n) is 3.20. The fraction of sp³-hybridized carbons (Fsp3) is 0.130. The van der Waals surface area contributed by atoms with Crippen LogP contribution in [0.4, 0.5) is 5.69 Å². The van der Waals surface area contributed by atoms with Gasteiger partial charge >= 0.3 is 0 Å². The molecular weight excluding hydrogens is 436 g/mol. The van der Waals surface area contributed by atoms with Crippen LogP contribution in [-0.4, -0.2) is 32.2 Å². The molecule has 0 atom stereocenters. The van der Waals surface area contributed by atoms with Crippen LogP contribution in [0, 0.1) is 0 Å². The Labute approximate surface area is 188 Å². The molecule has 0 bridgehead atoms. The summed E-state index contributed by atoms with van der Waals surface area (Å²) >= 11 is 7.78. The largest absolute Gasteiger partial charge is 0.493 e. The highest BCUT2D eigenvalue weighted by Gasteiger charge is 2.19. The van der Waals surface area contributed by atoms with Crippen molar-refractivity contribution < 1.29 is 19.0 Å². The molecule has 0 fully saturated rings. The van der Waals surface area contributed by atoms with E-state index in [4.69, 9.17) is 30.8 Å². The SMILES string of the molecule is COc1cc(C(=O)Nc2ccc(Cl)cc2-c2nc3ccccc3s2)cc(OC)c1OC. The first-order valence-corrected chi connectivity index (χ1v) is 10.5. The summed E-state index contributed by atoms with van der Waals surface area (Å²) in [5.41, 5.74) is 2.60. The van der Waals surface area contributed by atoms with Gasteiger partial charge in [-0.05, 0) is 42.5 Å². The average molecular weight is 455 g/mol. The van der Waals surface area contributed by atoms with Crippen molar-refractivity contribution in [3.05, 3.63) is 65.2 Å². The molecule has 0 radical (unpaired) electrons. The number of halogens is 1. The maximum Gasteiger partial charge on any atom is 0.255 e. The molecule has 6 nitrogen and oxygen atoms in total. The zero-order valence-electron chi connectivity index (χ0n) is 17.1. The Morgan fingerprint density at radius 3 is 2.32 bits per heavy atom. The Morgan fingerprint density at radius 1 is 0.968 bits per heavy atom. The minimum Gasteiger partial charge on any atom is -0.493 e. The van der Waals surface area contributed by atoms with E-state index < -0.39 is 0 Å². The number of carbonyl (C=O) groups excluding carboxylic acids is 1. The van der Waals surface area contributed by atoms with Crippen molar-refractivity contribution in [2.24, 2.45) is 0 Å². The van der Waals surface area contributed by atoms with E-state index in [1.54, 1.807) is 30.3 Å². The molecule has 1 heterocycles. The highest BCUT2D eigenvalue weighted by molar-refractivity contribution is 7.21. The zero-order chi connectivity index (χ0) is 22.0. The number of nitrogens with zero attached hydrogens (tertiary/aromatic N) is 1. The summed E-state index contributed by atoms with van der Waals surface area (Å²) in [6.45, 7) is 0. The van der Waals surface area contributed by atoms with Crippen molar-refractivity contribution in [1.29, 1.82) is 0 Å². The third-order valence-corrected chi connectivity index (χ3v) is 5.99. The molecule has 1 amide bonds. The van der Waals surface area contributed by atoms with Gasteiger partial charge in [-0.2, -0.15) is 0 Å². The number of carbonyl (C=O) groups is 1. The van der Waals surface area contributed by atoms with Crippen LogP contribution in [-0.2, 0) is 0 Å². The van der Waals surface area contributed by atoms with E-state index in [1.165, 1.54) is 32.7 Å². The molecule has 0 aliphatic carbocycles. The first-order valence-electron chi connectivity index (χ1n) is 9.31. The van der Waals surface area contributed by atoms with Gasteiger partial charge in [0, 0.05) is 16.1 Å². The maximum atomic E-state index is 13.1. The number of hydrogen-bond donors (Lipinski definition) is 1. The van der Waals surface area contributed by atoms with Crippen molar-refractivity contribution in [2.75, 3.05) is 26.6 Å². The van der Waals surface area contributed by atoms with Gasteiger partial charge in [0.25, 0.3) is 5.91 Å². The molecule has 31 heavy (non-hydrogen) atoms. The lowest BCUT2D eigenvalue weighted by Gasteiger charge is -2.15. The second-order valence-corrected chi connectivity index (χ2v) is 8.01. The fourth-order valence-corrected chi connectivity index (χ4v) is 4.36. The first kappa shape index (κ1) is 21.0. The number of methoxy groups -OCH3 is 3. The van der Waals surface area contributed by atoms with Gasteiger partial charge in [-0.3, -0.25) is 4.79 Å². The van der Waals surface area contributed by atoms with E-state index in [0.29, 0.717) is 33.5 Å². The minimum absolute atomic E-state index is 0.330. The van der Waals surface area contributed by atoms with E-state index in [-0.39, 0.29) is 5.91 Å². The number of nitrogens with one attached hydrogen (secondary N) is 1. The summed E-state index contributed by atoms with van der Waals surface area (Å²) < 4.78 is 17.1. The van der Waals surface area contributed by atoms with E-state index in [2.05, 4.69) is 5.32 Å². The molecule has 0 spiro atoms. The third-order valence-electron chi connectivity index (χ3n) is 4.68. The van der Waals surface area contributed by atoms with Crippen LogP contribution in [0.3, 0.4) is 0 Å². The second kappa shape index (κ2) is 8.83. The van der Waals surface area contributed by atoms with Gasteiger partial charge in [-0.1, -0.05) is 23.7 Å². The number of thiazole rings is 1. The van der Waals surface area contributed by atoms with Crippen LogP contribution in [0.15, 0.2) is 54.6 Å². The lowest BCUT2D eigenvalue weighted by molar-refractivity contribution is 0.102. The molecular formula is C23H19ClN2O4S. The number of hydrogen-bond acceptors (Lipinski definition) is 6.